The van der Waals surface area contributed by atoms with E-state index in [1.54, 1.807) is 6.07 Å². The van der Waals surface area contributed by atoms with Crippen molar-refractivity contribution in [3.05, 3.63) is 35.5 Å². The van der Waals surface area contributed by atoms with Gasteiger partial charge in [0, 0.05) is 17.9 Å². The Hall–Kier alpha value is -3.09. The molecular weight excluding hydrogens is 336 g/mol. The molecule has 1 saturated carbocycles. The van der Waals surface area contributed by atoms with Crippen LogP contribution in [0.5, 0.6) is 11.5 Å². The summed E-state index contributed by atoms with van der Waals surface area (Å²) in [6.07, 6.45) is 2.83. The second-order valence-electron chi connectivity index (χ2n) is 6.59. The van der Waals surface area contributed by atoms with E-state index >= 15 is 0 Å². The lowest BCUT2D eigenvalue weighted by Gasteiger charge is -2.09. The molecule has 0 amide bonds. The Labute approximate surface area is 148 Å². The van der Waals surface area contributed by atoms with Gasteiger partial charge in [-0.3, -0.25) is 0 Å². The van der Waals surface area contributed by atoms with E-state index in [1.165, 1.54) is 0 Å². The van der Waals surface area contributed by atoms with Gasteiger partial charge >= 0.3 is 5.97 Å². The highest BCUT2D eigenvalue weighted by atomic mass is 16.5. The molecule has 0 bridgehead atoms. The normalized spacial score (nSPS) is 16.5. The zero-order valence-electron chi connectivity index (χ0n) is 13.9. The molecule has 7 heteroatoms. The summed E-state index contributed by atoms with van der Waals surface area (Å²) in [6.45, 7) is 1.19. The molecule has 7 nitrogen and oxygen atoms in total. The van der Waals surface area contributed by atoms with Crippen LogP contribution in [0.1, 0.15) is 41.2 Å². The van der Waals surface area contributed by atoms with Crippen LogP contribution in [-0.2, 0) is 0 Å². The van der Waals surface area contributed by atoms with Gasteiger partial charge in [-0.15, -0.1) is 0 Å². The third-order valence-electron chi connectivity index (χ3n) is 4.71. The number of rotatable bonds is 3. The van der Waals surface area contributed by atoms with Crippen molar-refractivity contribution in [3.8, 4) is 22.8 Å². The average Bonchev–Trinajstić information content (AvgIpc) is 3.44. The summed E-state index contributed by atoms with van der Waals surface area (Å²) in [4.78, 5) is 16.3. The van der Waals surface area contributed by atoms with Gasteiger partial charge in [0.15, 0.2) is 11.5 Å². The second-order valence-corrected chi connectivity index (χ2v) is 6.59. The molecule has 1 fully saturated rings. The van der Waals surface area contributed by atoms with Crippen molar-refractivity contribution in [3.63, 3.8) is 0 Å². The maximum atomic E-state index is 11.8. The minimum atomic E-state index is -1.02. The zero-order chi connectivity index (χ0) is 17.7. The smallest absolute Gasteiger partial charge is 0.336 e. The van der Waals surface area contributed by atoms with Gasteiger partial charge in [0.05, 0.1) is 35.6 Å². The lowest BCUT2D eigenvalue weighted by molar-refractivity contribution is 0.0699. The molecule has 1 aliphatic carbocycles. The molecule has 0 unspecified atom stereocenters. The topological polar surface area (TPSA) is 94.7 Å². The van der Waals surface area contributed by atoms with Gasteiger partial charge in [0.25, 0.3) is 5.71 Å². The second kappa shape index (κ2) is 5.72. The zero-order valence-corrected chi connectivity index (χ0v) is 13.9. The molecule has 2 aliphatic rings. The molecular formula is C19H16N2O5. The third-order valence-corrected chi connectivity index (χ3v) is 4.71. The van der Waals surface area contributed by atoms with Crippen LogP contribution in [0, 0.1) is 0 Å². The Balaban J connectivity index is 1.65. The first-order valence-corrected chi connectivity index (χ1v) is 8.64. The summed E-state index contributed by atoms with van der Waals surface area (Å²) < 4.78 is 16.7. The lowest BCUT2D eigenvalue weighted by Crippen LogP contribution is -2.01. The number of aromatic nitrogens is 2. The number of nitrogens with zero attached hydrogens (tertiary/aromatic N) is 2. The molecule has 3 aromatic rings. The quantitative estimate of drug-likeness (QED) is 0.769. The van der Waals surface area contributed by atoms with Crippen molar-refractivity contribution in [2.24, 2.45) is 0 Å². The summed E-state index contributed by atoms with van der Waals surface area (Å²) in [7, 11) is 0. The number of benzene rings is 1. The Morgan fingerprint density at radius 2 is 1.92 bits per heavy atom. The van der Waals surface area contributed by atoms with Crippen LogP contribution >= 0.6 is 0 Å². The minimum Gasteiger partial charge on any atom is -0.490 e. The molecule has 0 radical (unpaired) electrons. The molecule has 3 heterocycles. The van der Waals surface area contributed by atoms with Gasteiger partial charge in [-0.2, -0.15) is 0 Å². The van der Waals surface area contributed by atoms with E-state index in [2.05, 4.69) is 10.1 Å². The molecule has 5 rings (SSSR count). The van der Waals surface area contributed by atoms with Crippen LogP contribution in [-0.4, -0.2) is 34.4 Å². The number of ether oxygens (including phenoxy) is 2. The molecule has 2 aromatic heterocycles. The molecule has 1 aliphatic heterocycles. The highest BCUT2D eigenvalue weighted by Crippen LogP contribution is 2.44. The number of carboxylic acids is 1. The maximum Gasteiger partial charge on any atom is 0.336 e. The average molecular weight is 352 g/mol. The van der Waals surface area contributed by atoms with E-state index < -0.39 is 5.97 Å². The highest BCUT2D eigenvalue weighted by molar-refractivity contribution is 6.03. The standard InChI is InChI=1S/C19H16N2O5/c22-19(23)12-9-13(20-18-16(12)17(21-26-18)10-2-3-10)11-4-5-14-15(8-11)25-7-1-6-24-14/h4-5,8-10H,1-3,6-7H2,(H,22,23). The number of carboxylic acid groups (broad SMARTS) is 1. The van der Waals surface area contributed by atoms with E-state index in [0.29, 0.717) is 41.5 Å². The number of hydrogen-bond acceptors (Lipinski definition) is 6. The maximum absolute atomic E-state index is 11.8. The Morgan fingerprint density at radius 1 is 1.12 bits per heavy atom. The number of carbonyl (C=O) groups is 1. The van der Waals surface area contributed by atoms with Crippen molar-refractivity contribution in [2.45, 2.75) is 25.2 Å². The van der Waals surface area contributed by atoms with E-state index in [1.807, 2.05) is 18.2 Å². The first-order chi connectivity index (χ1) is 12.7. The van der Waals surface area contributed by atoms with E-state index in [9.17, 15) is 9.90 Å². The summed E-state index contributed by atoms with van der Waals surface area (Å²) in [5.74, 6) is 0.578. The summed E-state index contributed by atoms with van der Waals surface area (Å²) in [6, 6.07) is 7.05. The minimum absolute atomic E-state index is 0.167. The van der Waals surface area contributed by atoms with Crippen LogP contribution in [0.3, 0.4) is 0 Å². The first-order valence-electron chi connectivity index (χ1n) is 8.64. The SMILES string of the molecule is O=C(O)c1cc(-c2ccc3c(c2)OCCCO3)nc2onc(C3CC3)c12. The number of aromatic carboxylic acids is 1. The monoisotopic (exact) mass is 352 g/mol. The van der Waals surface area contributed by atoms with E-state index in [0.717, 1.165) is 24.8 Å². The van der Waals surface area contributed by atoms with E-state index in [-0.39, 0.29) is 17.2 Å². The summed E-state index contributed by atoms with van der Waals surface area (Å²) in [5.41, 5.74) is 2.37. The number of hydrogen-bond donors (Lipinski definition) is 1. The fourth-order valence-electron chi connectivity index (χ4n) is 3.25. The van der Waals surface area contributed by atoms with Crippen LogP contribution in [0.15, 0.2) is 28.8 Å². The van der Waals surface area contributed by atoms with Crippen molar-refractivity contribution in [2.75, 3.05) is 13.2 Å². The van der Waals surface area contributed by atoms with Gasteiger partial charge in [0.2, 0.25) is 0 Å². The Morgan fingerprint density at radius 3 is 2.69 bits per heavy atom. The first kappa shape index (κ1) is 15.2. The lowest BCUT2D eigenvalue weighted by atomic mass is 10.0. The molecule has 0 saturated heterocycles. The fraction of sp³-hybridized carbons (Fsp3) is 0.316. The predicted octanol–water partition coefficient (Wildman–Crippen LogP) is 3.63. The fourth-order valence-corrected chi connectivity index (χ4v) is 3.25. The van der Waals surface area contributed by atoms with Crippen LogP contribution in [0.4, 0.5) is 0 Å². The number of pyridine rings is 1. The van der Waals surface area contributed by atoms with Gasteiger partial charge in [-0.05, 0) is 37.1 Å². The summed E-state index contributed by atoms with van der Waals surface area (Å²) >= 11 is 0. The Bertz CT molecular complexity index is 1020. The van der Waals surface area contributed by atoms with Crippen molar-refractivity contribution in [1.82, 2.24) is 10.1 Å². The highest BCUT2D eigenvalue weighted by Gasteiger charge is 2.32. The van der Waals surface area contributed by atoms with Crippen molar-refractivity contribution < 1.29 is 23.9 Å². The molecule has 1 aromatic carbocycles. The third kappa shape index (κ3) is 2.47. The predicted molar refractivity (Wildman–Crippen MR) is 91.8 cm³/mol. The molecule has 1 N–H and O–H groups in total. The van der Waals surface area contributed by atoms with Crippen molar-refractivity contribution >= 4 is 17.1 Å². The molecule has 0 spiro atoms. The molecule has 26 heavy (non-hydrogen) atoms. The van der Waals surface area contributed by atoms with Crippen LogP contribution < -0.4 is 9.47 Å². The van der Waals surface area contributed by atoms with Crippen LogP contribution in [0.2, 0.25) is 0 Å². The van der Waals surface area contributed by atoms with Gasteiger partial charge in [0.1, 0.15) is 0 Å². The van der Waals surface area contributed by atoms with Gasteiger partial charge in [-0.1, -0.05) is 5.16 Å². The Kier molecular flexibility index (Phi) is 3.34. The molecule has 132 valence electrons. The summed E-state index contributed by atoms with van der Waals surface area (Å²) in [5, 5.41) is 14.3. The van der Waals surface area contributed by atoms with Crippen molar-refractivity contribution in [1.29, 1.82) is 0 Å². The molecule has 0 atom stereocenters. The van der Waals surface area contributed by atoms with Crippen LogP contribution in [0.25, 0.3) is 22.4 Å². The van der Waals surface area contributed by atoms with Gasteiger partial charge < -0.3 is 19.1 Å². The van der Waals surface area contributed by atoms with Gasteiger partial charge in [-0.25, -0.2) is 9.78 Å². The number of fused-ring (bicyclic) bond motifs is 2. The van der Waals surface area contributed by atoms with E-state index in [4.69, 9.17) is 14.0 Å². The largest absolute Gasteiger partial charge is 0.490 e.